The van der Waals surface area contributed by atoms with Gasteiger partial charge in [-0.3, -0.25) is 9.98 Å². The lowest BCUT2D eigenvalue weighted by Gasteiger charge is -2.26. The number of aromatic nitrogens is 1. The third-order valence-corrected chi connectivity index (χ3v) is 11.3. The standard InChI is InChI=1S/C28H22.C15H17N.C12H17N.C2H2/c1-3-20-8-4-6-10-25(20)27-17-21(13-12-19(27)2)22-14-15-24-16-23-9-5-7-11-26(23)28(24)18-22;1-4-13-7-5-6-11(2)15(13)14-8-9-16-10-12(14)3;1-10(2)13-11(3)12(4)8-6-5-7-9-12;1-2/h3-15,17-18H,1,16H2,2H3;5-10H,4H2,1-3H3;5-8H,1,9H2,2-4H3;1-2H. The van der Waals surface area contributed by atoms with Gasteiger partial charge in [0, 0.05) is 29.2 Å². The fourth-order valence-electron chi connectivity index (χ4n) is 7.89. The highest BCUT2D eigenvalue weighted by Gasteiger charge is 2.24. The van der Waals surface area contributed by atoms with E-state index in [9.17, 15) is 0 Å². The molecule has 1 aromatic heterocycles. The van der Waals surface area contributed by atoms with Crippen LogP contribution in [0.3, 0.4) is 0 Å². The number of terminal acetylenes is 1. The summed E-state index contributed by atoms with van der Waals surface area (Å²) in [5, 5.41) is 0. The van der Waals surface area contributed by atoms with Gasteiger partial charge in [0.05, 0.1) is 0 Å². The zero-order valence-electron chi connectivity index (χ0n) is 36.0. The second kappa shape index (κ2) is 20.2. The van der Waals surface area contributed by atoms with Crippen LogP contribution >= 0.6 is 0 Å². The van der Waals surface area contributed by atoms with Gasteiger partial charge in [0.25, 0.3) is 0 Å². The number of pyridine rings is 1. The van der Waals surface area contributed by atoms with Gasteiger partial charge in [-0.05, 0) is 156 Å². The Morgan fingerprint density at radius 1 is 0.729 bits per heavy atom. The van der Waals surface area contributed by atoms with Crippen molar-refractivity contribution < 1.29 is 0 Å². The first-order valence-electron chi connectivity index (χ1n) is 20.5. The minimum absolute atomic E-state index is 0.0910. The SMILES string of the molecule is C#C.C=C(C)N=C(C)C1(C)C=CC=CC1.C=Cc1ccccc1-c1cc(-c2ccc3c(c2)-c2ccccc2C3)ccc1C.CCc1cccc(C)c1-c1ccncc1C. The Morgan fingerprint density at radius 2 is 1.41 bits per heavy atom. The van der Waals surface area contributed by atoms with Crippen molar-refractivity contribution >= 4 is 11.8 Å². The quantitative estimate of drug-likeness (QED) is 0.117. The molecule has 2 heteroatoms. The predicted molar refractivity (Wildman–Crippen MR) is 258 cm³/mol. The highest BCUT2D eigenvalue weighted by Crippen LogP contribution is 2.40. The van der Waals surface area contributed by atoms with Crippen molar-refractivity contribution in [3.05, 3.63) is 204 Å². The first-order valence-corrected chi connectivity index (χ1v) is 20.5. The fourth-order valence-corrected chi connectivity index (χ4v) is 7.89. The molecule has 0 amide bonds. The summed E-state index contributed by atoms with van der Waals surface area (Å²) in [7, 11) is 0. The van der Waals surface area contributed by atoms with Crippen LogP contribution in [0, 0.1) is 39.0 Å². The van der Waals surface area contributed by atoms with E-state index in [-0.39, 0.29) is 5.41 Å². The summed E-state index contributed by atoms with van der Waals surface area (Å²) < 4.78 is 0. The van der Waals surface area contributed by atoms with Gasteiger partial charge >= 0.3 is 0 Å². The van der Waals surface area contributed by atoms with Crippen molar-refractivity contribution in [2.24, 2.45) is 10.4 Å². The Balaban J connectivity index is 0.000000181. The Labute approximate surface area is 354 Å². The summed E-state index contributed by atoms with van der Waals surface area (Å²) >= 11 is 0. The number of aryl methyl sites for hydroxylation is 4. The van der Waals surface area contributed by atoms with Crippen molar-refractivity contribution in [3.63, 3.8) is 0 Å². The Morgan fingerprint density at radius 3 is 2.08 bits per heavy atom. The van der Waals surface area contributed by atoms with Crippen LogP contribution in [0.2, 0.25) is 0 Å². The lowest BCUT2D eigenvalue weighted by atomic mass is 9.80. The van der Waals surface area contributed by atoms with Crippen LogP contribution in [0.5, 0.6) is 0 Å². The molecule has 296 valence electrons. The zero-order chi connectivity index (χ0) is 42.5. The van der Waals surface area contributed by atoms with Crippen molar-refractivity contribution in [2.75, 3.05) is 0 Å². The van der Waals surface area contributed by atoms with E-state index in [2.05, 4.69) is 211 Å². The topological polar surface area (TPSA) is 25.2 Å². The van der Waals surface area contributed by atoms with E-state index in [0.29, 0.717) is 0 Å². The summed E-state index contributed by atoms with van der Waals surface area (Å²) in [5.41, 5.74) is 21.9. The van der Waals surface area contributed by atoms with E-state index >= 15 is 0 Å². The molecule has 59 heavy (non-hydrogen) atoms. The molecule has 1 unspecified atom stereocenters. The molecule has 0 aliphatic heterocycles. The molecule has 6 aromatic rings. The number of benzene rings is 5. The average molecular weight is 771 g/mol. The van der Waals surface area contributed by atoms with E-state index in [1.165, 1.54) is 83.5 Å². The number of hydrogen-bond donors (Lipinski definition) is 0. The first-order chi connectivity index (χ1) is 28.5. The zero-order valence-corrected chi connectivity index (χ0v) is 36.0. The molecule has 0 N–H and O–H groups in total. The molecule has 1 heterocycles. The van der Waals surface area contributed by atoms with Gasteiger partial charge in [0.2, 0.25) is 0 Å². The molecular weight excluding hydrogens is 713 g/mol. The Kier molecular flexibility index (Phi) is 14.9. The van der Waals surface area contributed by atoms with Gasteiger partial charge in [0.15, 0.2) is 0 Å². The number of rotatable bonds is 7. The normalized spacial score (nSPS) is 14.6. The maximum Gasteiger partial charge on any atom is 0.0303 e. The van der Waals surface area contributed by atoms with E-state index in [1.807, 2.05) is 25.4 Å². The van der Waals surface area contributed by atoms with Gasteiger partial charge in [-0.1, -0.05) is 148 Å². The van der Waals surface area contributed by atoms with E-state index in [4.69, 9.17) is 0 Å². The maximum absolute atomic E-state index is 4.41. The summed E-state index contributed by atoms with van der Waals surface area (Å²) in [5.74, 6) is 0. The van der Waals surface area contributed by atoms with Crippen LogP contribution in [0.4, 0.5) is 0 Å². The molecular formula is C57H58N2. The van der Waals surface area contributed by atoms with E-state index in [1.54, 1.807) is 0 Å². The van der Waals surface area contributed by atoms with Crippen molar-refractivity contribution in [1.29, 1.82) is 0 Å². The lowest BCUT2D eigenvalue weighted by molar-refractivity contribution is 0.597. The fraction of sp³-hybridized carbons (Fsp3) is 0.193. The van der Waals surface area contributed by atoms with Gasteiger partial charge in [-0.25, -0.2) is 0 Å². The Hall–Kier alpha value is -6.56. The molecule has 1 atom stereocenters. The minimum atomic E-state index is 0.0910. The minimum Gasteiger partial charge on any atom is -0.264 e. The molecule has 0 saturated carbocycles. The van der Waals surface area contributed by atoms with Crippen molar-refractivity contribution in [1.82, 2.24) is 4.98 Å². The molecule has 0 radical (unpaired) electrons. The highest BCUT2D eigenvalue weighted by atomic mass is 14.8. The van der Waals surface area contributed by atoms with Gasteiger partial charge in [-0.15, -0.1) is 12.8 Å². The van der Waals surface area contributed by atoms with Gasteiger partial charge < -0.3 is 0 Å². The van der Waals surface area contributed by atoms with Crippen LogP contribution in [0.25, 0.3) is 50.6 Å². The smallest absolute Gasteiger partial charge is 0.0303 e. The number of allylic oxidation sites excluding steroid dienone is 5. The molecule has 2 aliphatic rings. The van der Waals surface area contributed by atoms with Gasteiger partial charge in [-0.2, -0.15) is 0 Å². The number of hydrogen-bond acceptors (Lipinski definition) is 2. The second-order valence-corrected chi connectivity index (χ2v) is 15.5. The molecule has 0 bridgehead atoms. The molecule has 8 rings (SSSR count). The van der Waals surface area contributed by atoms with Crippen LogP contribution in [0.1, 0.15) is 73.1 Å². The van der Waals surface area contributed by atoms with Crippen molar-refractivity contribution in [3.8, 4) is 57.4 Å². The van der Waals surface area contributed by atoms with Crippen LogP contribution in [-0.2, 0) is 12.8 Å². The molecule has 0 spiro atoms. The van der Waals surface area contributed by atoms with E-state index < -0.39 is 0 Å². The summed E-state index contributed by atoms with van der Waals surface area (Å²) in [4.78, 5) is 8.57. The summed E-state index contributed by atoms with van der Waals surface area (Å²) in [6.45, 7) is 22.7. The summed E-state index contributed by atoms with van der Waals surface area (Å²) in [6.07, 6.45) is 25.4. The number of nitrogens with zero attached hydrogens (tertiary/aromatic N) is 2. The number of aliphatic imine (C=N–C) groups is 1. The summed E-state index contributed by atoms with van der Waals surface area (Å²) in [6, 6.07) is 39.5. The Bertz CT molecular complexity index is 2560. The van der Waals surface area contributed by atoms with Crippen LogP contribution < -0.4 is 0 Å². The monoisotopic (exact) mass is 770 g/mol. The maximum atomic E-state index is 4.41. The van der Waals surface area contributed by atoms with Gasteiger partial charge in [0.1, 0.15) is 0 Å². The van der Waals surface area contributed by atoms with E-state index in [0.717, 1.165) is 30.7 Å². The predicted octanol–water partition coefficient (Wildman–Crippen LogP) is 15.2. The average Bonchev–Trinajstić information content (AvgIpc) is 3.63. The van der Waals surface area contributed by atoms with Crippen molar-refractivity contribution in [2.45, 2.75) is 67.7 Å². The molecule has 0 fully saturated rings. The number of fused-ring (bicyclic) bond motifs is 3. The molecule has 2 nitrogen and oxygen atoms in total. The third kappa shape index (κ3) is 10.3. The largest absolute Gasteiger partial charge is 0.264 e. The highest BCUT2D eigenvalue weighted by molar-refractivity contribution is 5.90. The van der Waals surface area contributed by atoms with Crippen LogP contribution in [0.15, 0.2) is 170 Å². The lowest BCUT2D eigenvalue weighted by Crippen LogP contribution is -2.23. The first kappa shape index (κ1) is 43.6. The second-order valence-electron chi connectivity index (χ2n) is 15.5. The molecule has 2 aliphatic carbocycles. The van der Waals surface area contributed by atoms with Crippen LogP contribution in [-0.4, -0.2) is 10.7 Å². The molecule has 5 aromatic carbocycles. The molecule has 0 saturated heterocycles. The third-order valence-electron chi connectivity index (χ3n) is 11.3.